The number of likely N-dealkylation sites (N-methyl/N-ethyl adjacent to an activating group) is 1. The summed E-state index contributed by atoms with van der Waals surface area (Å²) in [4.78, 5) is 15.6. The van der Waals surface area contributed by atoms with Gasteiger partial charge < -0.3 is 24.4 Å². The summed E-state index contributed by atoms with van der Waals surface area (Å²) in [5.74, 6) is 1.83. The highest BCUT2D eigenvalue weighted by Crippen LogP contribution is 2.35. The number of nitrogens with zero attached hydrogens (tertiary/aromatic N) is 2. The molecule has 0 bridgehead atoms. The molecule has 0 saturated carbocycles. The smallest absolute Gasteiger partial charge is 0.231 e. The first-order valence-electron chi connectivity index (χ1n) is 12.1. The molecule has 2 aliphatic heterocycles. The molecule has 0 spiro atoms. The number of aromatic amines is 1. The predicted molar refractivity (Wildman–Crippen MR) is 134 cm³/mol. The molecule has 3 heterocycles. The molecule has 1 amide bonds. The molecule has 1 aromatic heterocycles. The molecule has 2 aliphatic rings. The Morgan fingerprint density at radius 3 is 2.91 bits per heavy atom. The van der Waals surface area contributed by atoms with Gasteiger partial charge >= 0.3 is 0 Å². The van der Waals surface area contributed by atoms with Crippen molar-refractivity contribution in [2.45, 2.75) is 32.2 Å². The topological polar surface area (TPSA) is 88.7 Å². The molecule has 2 aromatic carbocycles. The number of hydrogen-bond acceptors (Lipinski definition) is 6. The van der Waals surface area contributed by atoms with E-state index in [1.807, 2.05) is 49.5 Å². The Hall–Kier alpha value is -3.52. The van der Waals surface area contributed by atoms with E-state index in [9.17, 15) is 4.79 Å². The first-order chi connectivity index (χ1) is 17.0. The molecule has 0 unspecified atom stereocenters. The van der Waals surface area contributed by atoms with Gasteiger partial charge in [0.25, 0.3) is 0 Å². The molecule has 35 heavy (non-hydrogen) atoms. The second-order valence-electron chi connectivity index (χ2n) is 9.38. The number of nitrogens with one attached hydrogen (secondary N) is 2. The highest BCUT2D eigenvalue weighted by Gasteiger charge is 2.28. The average Bonchev–Trinajstić information content (AvgIpc) is 3.50. The van der Waals surface area contributed by atoms with Crippen LogP contribution in [0.1, 0.15) is 24.1 Å². The minimum absolute atomic E-state index is 0.0893. The molecule has 0 radical (unpaired) electrons. The zero-order chi connectivity index (χ0) is 24.4. The van der Waals surface area contributed by atoms with E-state index >= 15 is 0 Å². The van der Waals surface area contributed by atoms with Crippen LogP contribution >= 0.6 is 0 Å². The number of carbonyl (C=O) groups excluding carboxylic acids is 1. The quantitative estimate of drug-likeness (QED) is 0.535. The van der Waals surface area contributed by atoms with Gasteiger partial charge in [0, 0.05) is 17.3 Å². The highest BCUT2D eigenvalue weighted by molar-refractivity contribution is 5.95. The molecule has 5 rings (SSSR count). The molecule has 2 atom stereocenters. The number of methoxy groups -OCH3 is 1. The van der Waals surface area contributed by atoms with Crippen LogP contribution in [0.15, 0.2) is 42.6 Å². The predicted octanol–water partition coefficient (Wildman–Crippen LogP) is 4.06. The van der Waals surface area contributed by atoms with E-state index in [0.29, 0.717) is 37.1 Å². The maximum Gasteiger partial charge on any atom is 0.231 e. The molecule has 1 saturated heterocycles. The van der Waals surface area contributed by atoms with Crippen LogP contribution < -0.4 is 19.5 Å². The summed E-state index contributed by atoms with van der Waals surface area (Å²) in [7, 11) is 3.76. The van der Waals surface area contributed by atoms with Crippen molar-refractivity contribution in [3.05, 3.63) is 53.9 Å². The van der Waals surface area contributed by atoms with Gasteiger partial charge in [0.2, 0.25) is 5.91 Å². The van der Waals surface area contributed by atoms with Crippen LogP contribution in [0.5, 0.6) is 17.2 Å². The number of benzene rings is 2. The van der Waals surface area contributed by atoms with Gasteiger partial charge in [-0.1, -0.05) is 6.07 Å². The number of anilines is 1. The van der Waals surface area contributed by atoms with Crippen LogP contribution in [0, 0.1) is 12.8 Å². The van der Waals surface area contributed by atoms with Gasteiger partial charge in [-0.25, -0.2) is 0 Å². The van der Waals surface area contributed by atoms with E-state index in [-0.39, 0.29) is 11.8 Å². The number of rotatable bonds is 7. The fourth-order valence-electron chi connectivity index (χ4n) is 4.83. The second-order valence-corrected chi connectivity index (χ2v) is 9.38. The number of carbonyl (C=O) groups is 1. The summed E-state index contributed by atoms with van der Waals surface area (Å²) in [5.41, 5.74) is 4.62. The maximum absolute atomic E-state index is 13.3. The summed E-state index contributed by atoms with van der Waals surface area (Å²) in [6.45, 7) is 3.98. The Balaban J connectivity index is 1.35. The molecule has 3 aromatic rings. The largest absolute Gasteiger partial charge is 0.497 e. The summed E-state index contributed by atoms with van der Waals surface area (Å²) >= 11 is 0. The van der Waals surface area contributed by atoms with E-state index in [0.717, 1.165) is 46.8 Å². The minimum atomic E-state index is -0.306. The Morgan fingerprint density at radius 1 is 1.29 bits per heavy atom. The first kappa shape index (κ1) is 23.2. The molecular formula is C27H32N4O4. The number of H-pyrrole nitrogens is 1. The normalized spacial score (nSPS) is 19.6. The lowest BCUT2D eigenvalue weighted by Gasteiger charge is -2.26. The number of hydrogen-bond donors (Lipinski definition) is 2. The molecule has 2 N–H and O–H groups in total. The molecule has 8 heteroatoms. The number of aryl methyl sites for hydroxylation is 1. The van der Waals surface area contributed by atoms with Gasteiger partial charge in [0.15, 0.2) is 0 Å². The Morgan fingerprint density at radius 2 is 2.17 bits per heavy atom. The van der Waals surface area contributed by atoms with Crippen LogP contribution in [0.4, 0.5) is 5.69 Å². The van der Waals surface area contributed by atoms with Gasteiger partial charge in [-0.05, 0) is 81.2 Å². The third kappa shape index (κ3) is 4.98. The van der Waals surface area contributed by atoms with E-state index in [1.54, 1.807) is 7.11 Å². The number of fused-ring (bicyclic) bond motifs is 1. The summed E-state index contributed by atoms with van der Waals surface area (Å²) in [6, 6.07) is 12.0. The minimum Gasteiger partial charge on any atom is -0.497 e. The molecule has 0 aliphatic carbocycles. The summed E-state index contributed by atoms with van der Waals surface area (Å²) < 4.78 is 17.5. The van der Waals surface area contributed by atoms with Crippen molar-refractivity contribution in [3.63, 3.8) is 0 Å². The Labute approximate surface area is 205 Å². The fraction of sp³-hybridized carbons (Fsp3) is 0.407. The summed E-state index contributed by atoms with van der Waals surface area (Å²) in [5, 5.41) is 10.2. The third-order valence-electron chi connectivity index (χ3n) is 7.03. The van der Waals surface area contributed by atoms with Crippen LogP contribution in [-0.4, -0.2) is 61.0 Å². The SMILES string of the molecule is COc1ccc2c(c1)C[C@@H](C(=O)Nc1ccc(-c3cn[nH]c3C)cc1OC[C@@H]1CCCN1C)CO2. The van der Waals surface area contributed by atoms with Crippen LogP contribution in [0.25, 0.3) is 11.1 Å². The van der Waals surface area contributed by atoms with Gasteiger partial charge in [-0.2, -0.15) is 5.10 Å². The Bertz CT molecular complexity index is 1210. The number of ether oxygens (including phenoxy) is 3. The van der Waals surface area contributed by atoms with Crippen molar-refractivity contribution in [1.29, 1.82) is 0 Å². The molecule has 184 valence electrons. The fourth-order valence-corrected chi connectivity index (χ4v) is 4.83. The van der Waals surface area contributed by atoms with E-state index in [2.05, 4.69) is 27.5 Å². The van der Waals surface area contributed by atoms with Crippen LogP contribution in [0.2, 0.25) is 0 Å². The maximum atomic E-state index is 13.3. The van der Waals surface area contributed by atoms with E-state index in [1.165, 1.54) is 6.42 Å². The second kappa shape index (κ2) is 10.00. The van der Waals surface area contributed by atoms with Crippen molar-refractivity contribution >= 4 is 11.6 Å². The number of likely N-dealkylation sites (tertiary alicyclic amines) is 1. The zero-order valence-electron chi connectivity index (χ0n) is 20.5. The summed E-state index contributed by atoms with van der Waals surface area (Å²) in [6.07, 6.45) is 4.69. The monoisotopic (exact) mass is 476 g/mol. The van der Waals surface area contributed by atoms with Crippen molar-refractivity contribution in [2.75, 3.05) is 39.2 Å². The first-order valence-corrected chi connectivity index (χ1v) is 12.1. The van der Waals surface area contributed by atoms with Crippen LogP contribution in [-0.2, 0) is 11.2 Å². The Kier molecular flexibility index (Phi) is 6.63. The molecule has 8 nitrogen and oxygen atoms in total. The highest BCUT2D eigenvalue weighted by atomic mass is 16.5. The van der Waals surface area contributed by atoms with Gasteiger partial charge in [-0.15, -0.1) is 0 Å². The van der Waals surface area contributed by atoms with E-state index < -0.39 is 0 Å². The molecular weight excluding hydrogens is 444 g/mol. The van der Waals surface area contributed by atoms with E-state index in [4.69, 9.17) is 14.2 Å². The zero-order valence-corrected chi connectivity index (χ0v) is 20.5. The average molecular weight is 477 g/mol. The van der Waals surface area contributed by atoms with Crippen molar-refractivity contribution in [2.24, 2.45) is 5.92 Å². The standard InChI is InChI=1S/C27H32N4O4/c1-17-23(14-28-30-17)18-6-8-24(26(13-18)35-16-21-5-4-10-31(21)2)29-27(32)20-11-19-12-22(33-3)7-9-25(19)34-15-20/h6-9,12-14,20-21H,4-5,10-11,15-16H2,1-3H3,(H,28,30)(H,29,32)/t20-,21+/m1/s1. The van der Waals surface area contributed by atoms with Crippen molar-refractivity contribution in [1.82, 2.24) is 15.1 Å². The molecule has 1 fully saturated rings. The lowest BCUT2D eigenvalue weighted by molar-refractivity contribution is -0.121. The lowest BCUT2D eigenvalue weighted by Crippen LogP contribution is -2.33. The number of amides is 1. The van der Waals surface area contributed by atoms with Crippen LogP contribution in [0.3, 0.4) is 0 Å². The van der Waals surface area contributed by atoms with Gasteiger partial charge in [-0.3, -0.25) is 9.89 Å². The van der Waals surface area contributed by atoms with Crippen molar-refractivity contribution in [3.8, 4) is 28.4 Å². The third-order valence-corrected chi connectivity index (χ3v) is 7.03. The van der Waals surface area contributed by atoms with Crippen molar-refractivity contribution < 1.29 is 19.0 Å². The van der Waals surface area contributed by atoms with Gasteiger partial charge in [0.1, 0.15) is 30.5 Å². The lowest BCUT2D eigenvalue weighted by atomic mass is 9.95. The number of aromatic nitrogens is 2. The van der Waals surface area contributed by atoms with Gasteiger partial charge in [0.05, 0.1) is 24.9 Å².